The van der Waals surface area contributed by atoms with E-state index < -0.39 is 29.6 Å². The Morgan fingerprint density at radius 3 is 2.10 bits per heavy atom. The van der Waals surface area contributed by atoms with Gasteiger partial charge in [0.25, 0.3) is 0 Å². The topological polar surface area (TPSA) is 157 Å². The summed E-state index contributed by atoms with van der Waals surface area (Å²) in [5, 5.41) is 5.08. The highest BCUT2D eigenvalue weighted by molar-refractivity contribution is 5.88. The van der Waals surface area contributed by atoms with Crippen molar-refractivity contribution in [1.82, 2.24) is 10.6 Å². The molecule has 1 saturated heterocycles. The lowest BCUT2D eigenvalue weighted by Crippen LogP contribution is -2.49. The number of nitrogens with one attached hydrogen (secondary N) is 2. The van der Waals surface area contributed by atoms with Gasteiger partial charge in [0, 0.05) is 5.92 Å². The average molecular weight is 687 g/mol. The number of carbonyl (C=O) groups excluding carboxylic acids is 4. The van der Waals surface area contributed by atoms with Gasteiger partial charge in [-0.05, 0) is 81.3 Å². The Bertz CT molecular complexity index is 1440. The van der Waals surface area contributed by atoms with Crippen molar-refractivity contribution in [3.05, 3.63) is 47.5 Å². The number of amides is 2. The van der Waals surface area contributed by atoms with E-state index in [1.54, 1.807) is 41.1 Å². The number of hydrogen-bond donors (Lipinski definition) is 2. The minimum absolute atomic E-state index is 0.0191. The number of rotatable bonds is 17. The minimum Gasteiger partial charge on any atom is -0.493 e. The standard InChI is InChI=1S/C36H50N2O11/c1-22(2)15-27(38-35(42)49-36(3,4)5)33(40)37-20-32(39)47-14-13-46-29-12-10-24(19-31(29)45-8)17-26-25(21-48-34(26)41)16-23-9-11-28(43-6)30(18-23)44-7/h9-12,18-19,22,25-27H,13-17,20-21H2,1-8H3,(H,37,40)(H,38,42)/t25?,26?,27-/m0/s1. The van der Waals surface area contributed by atoms with Crippen LogP contribution in [0.5, 0.6) is 23.0 Å². The molecule has 49 heavy (non-hydrogen) atoms. The number of benzene rings is 2. The Morgan fingerprint density at radius 1 is 0.878 bits per heavy atom. The van der Waals surface area contributed by atoms with Crippen LogP contribution in [0, 0.1) is 17.8 Å². The first-order chi connectivity index (χ1) is 23.2. The zero-order chi connectivity index (χ0) is 36.1. The Kier molecular flexibility index (Phi) is 14.4. The molecule has 2 unspecified atom stereocenters. The predicted octanol–water partition coefficient (Wildman–Crippen LogP) is 4.26. The summed E-state index contributed by atoms with van der Waals surface area (Å²) in [6.07, 6.45) is 0.744. The lowest BCUT2D eigenvalue weighted by molar-refractivity contribution is -0.144. The van der Waals surface area contributed by atoms with Gasteiger partial charge in [0.15, 0.2) is 23.0 Å². The van der Waals surface area contributed by atoms with Crippen LogP contribution in [-0.4, -0.2) is 83.3 Å². The summed E-state index contributed by atoms with van der Waals surface area (Å²) in [7, 11) is 4.69. The van der Waals surface area contributed by atoms with E-state index in [-0.39, 0.29) is 43.5 Å². The van der Waals surface area contributed by atoms with Crippen molar-refractivity contribution in [3.8, 4) is 23.0 Å². The smallest absolute Gasteiger partial charge is 0.408 e. The van der Waals surface area contributed by atoms with Gasteiger partial charge in [0.2, 0.25) is 5.91 Å². The van der Waals surface area contributed by atoms with Crippen LogP contribution in [0.15, 0.2) is 36.4 Å². The average Bonchev–Trinajstić information content (AvgIpc) is 3.38. The molecule has 2 amide bonds. The number of ether oxygens (including phenoxy) is 7. The summed E-state index contributed by atoms with van der Waals surface area (Å²) >= 11 is 0. The van der Waals surface area contributed by atoms with Gasteiger partial charge in [-0.2, -0.15) is 0 Å². The molecule has 1 fully saturated rings. The molecule has 3 rings (SSSR count). The highest BCUT2D eigenvalue weighted by Gasteiger charge is 2.37. The highest BCUT2D eigenvalue weighted by Crippen LogP contribution is 2.35. The molecule has 0 aliphatic carbocycles. The molecule has 13 heteroatoms. The van der Waals surface area contributed by atoms with Crippen molar-refractivity contribution in [2.45, 2.75) is 65.5 Å². The summed E-state index contributed by atoms with van der Waals surface area (Å²) < 4.78 is 38.0. The van der Waals surface area contributed by atoms with Crippen LogP contribution >= 0.6 is 0 Å². The molecular weight excluding hydrogens is 636 g/mol. The van der Waals surface area contributed by atoms with Gasteiger partial charge in [0.05, 0.1) is 33.9 Å². The fraction of sp³-hybridized carbons (Fsp3) is 0.556. The lowest BCUT2D eigenvalue weighted by Gasteiger charge is -2.24. The highest BCUT2D eigenvalue weighted by atomic mass is 16.6. The minimum atomic E-state index is -0.871. The number of esters is 2. The molecule has 1 aliphatic rings. The largest absolute Gasteiger partial charge is 0.493 e. The third kappa shape index (κ3) is 12.4. The van der Waals surface area contributed by atoms with E-state index >= 15 is 0 Å². The molecule has 1 heterocycles. The van der Waals surface area contributed by atoms with E-state index in [0.29, 0.717) is 48.9 Å². The van der Waals surface area contributed by atoms with Gasteiger partial charge >= 0.3 is 18.0 Å². The van der Waals surface area contributed by atoms with Crippen molar-refractivity contribution < 1.29 is 52.3 Å². The first kappa shape index (κ1) is 38.8. The molecule has 2 aromatic carbocycles. The van der Waals surface area contributed by atoms with Crippen molar-refractivity contribution >= 4 is 23.9 Å². The van der Waals surface area contributed by atoms with Gasteiger partial charge in [-0.1, -0.05) is 26.0 Å². The number of alkyl carbamates (subject to hydrolysis) is 1. The number of hydrogen-bond acceptors (Lipinski definition) is 11. The lowest BCUT2D eigenvalue weighted by atomic mass is 9.85. The van der Waals surface area contributed by atoms with E-state index in [2.05, 4.69) is 10.6 Å². The zero-order valence-corrected chi connectivity index (χ0v) is 29.7. The molecular formula is C36H50N2O11. The van der Waals surface area contributed by atoms with Crippen LogP contribution in [-0.2, 0) is 41.4 Å². The van der Waals surface area contributed by atoms with Gasteiger partial charge < -0.3 is 43.8 Å². The summed E-state index contributed by atoms with van der Waals surface area (Å²) in [6, 6.07) is 10.3. The summed E-state index contributed by atoms with van der Waals surface area (Å²) in [5.74, 6) is 0.505. The molecule has 0 radical (unpaired) electrons. The number of cyclic esters (lactones) is 1. The van der Waals surface area contributed by atoms with Crippen molar-refractivity contribution in [1.29, 1.82) is 0 Å². The second kappa shape index (κ2) is 18.2. The van der Waals surface area contributed by atoms with E-state index in [1.807, 2.05) is 44.2 Å². The third-order valence-corrected chi connectivity index (χ3v) is 7.67. The maximum Gasteiger partial charge on any atom is 0.408 e. The molecule has 2 aromatic rings. The van der Waals surface area contributed by atoms with E-state index in [9.17, 15) is 19.2 Å². The number of carbonyl (C=O) groups is 4. The molecule has 0 bridgehead atoms. The Hall–Kier alpha value is -4.68. The summed E-state index contributed by atoms with van der Waals surface area (Å²) in [6.45, 7) is 8.93. The predicted molar refractivity (Wildman–Crippen MR) is 180 cm³/mol. The van der Waals surface area contributed by atoms with Gasteiger partial charge in [0.1, 0.15) is 31.4 Å². The fourth-order valence-electron chi connectivity index (χ4n) is 5.37. The van der Waals surface area contributed by atoms with Crippen LogP contribution in [0.2, 0.25) is 0 Å². The molecule has 1 aliphatic heterocycles. The van der Waals surface area contributed by atoms with E-state index in [0.717, 1.165) is 11.1 Å². The summed E-state index contributed by atoms with van der Waals surface area (Å²) in [5.41, 5.74) is 1.18. The third-order valence-electron chi connectivity index (χ3n) is 7.67. The Labute approximate surface area is 288 Å². The van der Waals surface area contributed by atoms with Crippen molar-refractivity contribution in [2.24, 2.45) is 17.8 Å². The quantitative estimate of drug-likeness (QED) is 0.139. The first-order valence-electron chi connectivity index (χ1n) is 16.3. The molecule has 13 nitrogen and oxygen atoms in total. The second-order valence-corrected chi connectivity index (χ2v) is 13.2. The SMILES string of the molecule is COc1ccc(CC2COC(=O)C2Cc2ccc(OCCOC(=O)CNC(=O)[C@H](CC(C)C)NC(=O)OC(C)(C)C)c(OC)c2)cc1OC. The van der Waals surface area contributed by atoms with Crippen LogP contribution in [0.4, 0.5) is 4.79 Å². The molecule has 270 valence electrons. The van der Waals surface area contributed by atoms with Crippen LogP contribution in [0.3, 0.4) is 0 Å². The van der Waals surface area contributed by atoms with E-state index in [4.69, 9.17) is 33.2 Å². The van der Waals surface area contributed by atoms with Crippen molar-refractivity contribution in [2.75, 3.05) is 47.7 Å². The van der Waals surface area contributed by atoms with Gasteiger partial charge in [-0.3, -0.25) is 14.4 Å². The van der Waals surface area contributed by atoms with Gasteiger partial charge in [-0.25, -0.2) is 4.79 Å². The molecule has 0 aromatic heterocycles. The van der Waals surface area contributed by atoms with Crippen molar-refractivity contribution in [3.63, 3.8) is 0 Å². The normalized spacial score (nSPS) is 16.3. The molecule has 2 N–H and O–H groups in total. The first-order valence-corrected chi connectivity index (χ1v) is 16.3. The number of methoxy groups -OCH3 is 3. The monoisotopic (exact) mass is 686 g/mol. The van der Waals surface area contributed by atoms with Gasteiger partial charge in [-0.15, -0.1) is 0 Å². The van der Waals surface area contributed by atoms with Crippen LogP contribution < -0.4 is 29.6 Å². The van der Waals surface area contributed by atoms with Crippen LogP contribution in [0.25, 0.3) is 0 Å². The zero-order valence-electron chi connectivity index (χ0n) is 29.7. The maximum atomic E-state index is 12.7. The maximum absolute atomic E-state index is 12.7. The fourth-order valence-corrected chi connectivity index (χ4v) is 5.37. The summed E-state index contributed by atoms with van der Waals surface area (Å²) in [4.78, 5) is 49.9. The molecule has 3 atom stereocenters. The Morgan fingerprint density at radius 2 is 1.49 bits per heavy atom. The Balaban J connectivity index is 1.48. The second-order valence-electron chi connectivity index (χ2n) is 13.2. The van der Waals surface area contributed by atoms with Crippen LogP contribution in [0.1, 0.15) is 52.2 Å². The molecule has 0 saturated carbocycles. The molecule has 0 spiro atoms. The van der Waals surface area contributed by atoms with E-state index in [1.165, 1.54) is 7.11 Å².